The Kier molecular flexibility index (Phi) is 5.19. The molecule has 0 spiro atoms. The highest BCUT2D eigenvalue weighted by molar-refractivity contribution is 5.77. The van der Waals surface area contributed by atoms with Gasteiger partial charge in [-0.05, 0) is 32.9 Å². The number of nitrogens with zero attached hydrogens (tertiary/aromatic N) is 3. The molecule has 2 rings (SSSR count). The van der Waals surface area contributed by atoms with Crippen LogP contribution in [0.4, 0.5) is 0 Å². The predicted octanol–water partition coefficient (Wildman–Crippen LogP) is -0.180. The monoisotopic (exact) mass is 268 g/mol. The van der Waals surface area contributed by atoms with Crippen LogP contribution >= 0.6 is 0 Å². The van der Waals surface area contributed by atoms with E-state index in [1.165, 1.54) is 12.8 Å². The lowest BCUT2D eigenvalue weighted by Gasteiger charge is -2.35. The molecule has 0 aromatic heterocycles. The number of carbonyl (C=O) groups is 1. The van der Waals surface area contributed by atoms with Gasteiger partial charge in [0.2, 0.25) is 5.91 Å². The van der Waals surface area contributed by atoms with E-state index in [2.05, 4.69) is 23.9 Å². The molecule has 0 bridgehead atoms. The van der Waals surface area contributed by atoms with Crippen molar-refractivity contribution < 1.29 is 4.79 Å². The van der Waals surface area contributed by atoms with E-state index in [9.17, 15) is 4.79 Å². The second kappa shape index (κ2) is 6.68. The van der Waals surface area contributed by atoms with Crippen molar-refractivity contribution >= 4 is 5.91 Å². The van der Waals surface area contributed by atoms with Gasteiger partial charge in [0.05, 0.1) is 0 Å². The topological polar surface area (TPSA) is 52.8 Å². The molecule has 19 heavy (non-hydrogen) atoms. The number of piperazine rings is 1. The Bertz CT molecular complexity index is 296. The zero-order valence-corrected chi connectivity index (χ0v) is 12.3. The first-order chi connectivity index (χ1) is 9.06. The molecule has 0 radical (unpaired) electrons. The van der Waals surface area contributed by atoms with E-state index in [4.69, 9.17) is 5.73 Å². The predicted molar refractivity (Wildman–Crippen MR) is 76.9 cm³/mol. The van der Waals surface area contributed by atoms with Crippen molar-refractivity contribution in [3.63, 3.8) is 0 Å². The van der Waals surface area contributed by atoms with Gasteiger partial charge < -0.3 is 15.5 Å². The molecule has 2 fully saturated rings. The molecule has 5 nitrogen and oxygen atoms in total. The number of hydrogen-bond donors (Lipinski definition) is 1. The van der Waals surface area contributed by atoms with Crippen molar-refractivity contribution in [1.82, 2.24) is 14.7 Å². The summed E-state index contributed by atoms with van der Waals surface area (Å²) in [5, 5.41) is 0. The first kappa shape index (κ1) is 14.8. The highest BCUT2D eigenvalue weighted by atomic mass is 16.2. The molecule has 0 aromatic rings. The van der Waals surface area contributed by atoms with E-state index >= 15 is 0 Å². The normalized spacial score (nSPS) is 22.8. The molecular formula is C14H28N4O. The number of rotatable bonds is 6. The highest BCUT2D eigenvalue weighted by Crippen LogP contribution is 2.33. The summed E-state index contributed by atoms with van der Waals surface area (Å²) >= 11 is 0. The van der Waals surface area contributed by atoms with Gasteiger partial charge in [0, 0.05) is 51.7 Å². The minimum atomic E-state index is 0.0965. The Morgan fingerprint density at radius 1 is 1.26 bits per heavy atom. The van der Waals surface area contributed by atoms with Crippen LogP contribution in [0.2, 0.25) is 0 Å². The summed E-state index contributed by atoms with van der Waals surface area (Å²) < 4.78 is 0. The maximum Gasteiger partial charge on any atom is 0.224 e. The van der Waals surface area contributed by atoms with E-state index in [-0.39, 0.29) is 11.9 Å². The molecule has 2 N–H and O–H groups in total. The zero-order chi connectivity index (χ0) is 13.8. The second-order valence-corrected chi connectivity index (χ2v) is 6.23. The van der Waals surface area contributed by atoms with E-state index in [1.807, 2.05) is 4.90 Å². The quantitative estimate of drug-likeness (QED) is 0.726. The largest absolute Gasteiger partial charge is 0.340 e. The standard InChI is InChI=1S/C14H28N4O/c1-16(2)5-6-17-7-9-18(10-8-17)14(19)11-13(15)12-3-4-12/h12-13H,3-11,15H2,1-2H3. The van der Waals surface area contributed by atoms with Crippen LogP contribution in [0, 0.1) is 5.92 Å². The second-order valence-electron chi connectivity index (χ2n) is 6.23. The average Bonchev–Trinajstić information content (AvgIpc) is 3.21. The molecular weight excluding hydrogens is 240 g/mol. The lowest BCUT2D eigenvalue weighted by atomic mass is 10.1. The summed E-state index contributed by atoms with van der Waals surface area (Å²) in [7, 11) is 4.19. The van der Waals surface area contributed by atoms with Gasteiger partial charge in [-0.1, -0.05) is 0 Å². The summed E-state index contributed by atoms with van der Waals surface area (Å²) in [6.45, 7) is 5.90. The number of carbonyl (C=O) groups excluding carboxylic acids is 1. The van der Waals surface area contributed by atoms with E-state index < -0.39 is 0 Å². The van der Waals surface area contributed by atoms with Gasteiger partial charge in [0.25, 0.3) is 0 Å². The van der Waals surface area contributed by atoms with Gasteiger partial charge >= 0.3 is 0 Å². The fourth-order valence-electron chi connectivity index (χ4n) is 2.58. The average molecular weight is 268 g/mol. The molecule has 1 atom stereocenters. The summed E-state index contributed by atoms with van der Waals surface area (Å²) in [5.74, 6) is 0.872. The molecule has 1 aliphatic carbocycles. The first-order valence-corrected chi connectivity index (χ1v) is 7.46. The molecule has 0 aromatic carbocycles. The van der Waals surface area contributed by atoms with Crippen LogP contribution in [0.5, 0.6) is 0 Å². The van der Waals surface area contributed by atoms with Crippen LogP contribution in [0.3, 0.4) is 0 Å². The molecule has 5 heteroatoms. The van der Waals surface area contributed by atoms with Crippen molar-refractivity contribution in [2.24, 2.45) is 11.7 Å². The molecule has 1 saturated heterocycles. The highest BCUT2D eigenvalue weighted by Gasteiger charge is 2.31. The van der Waals surface area contributed by atoms with Crippen LogP contribution < -0.4 is 5.73 Å². The third-order valence-corrected chi connectivity index (χ3v) is 4.23. The molecule has 1 heterocycles. The smallest absolute Gasteiger partial charge is 0.224 e. The van der Waals surface area contributed by atoms with Gasteiger partial charge in [0.1, 0.15) is 0 Å². The van der Waals surface area contributed by atoms with E-state index in [0.29, 0.717) is 12.3 Å². The fourth-order valence-corrected chi connectivity index (χ4v) is 2.58. The summed E-state index contributed by atoms with van der Waals surface area (Å²) in [6.07, 6.45) is 2.97. The minimum absolute atomic E-state index is 0.0965. The SMILES string of the molecule is CN(C)CCN1CCN(C(=O)CC(N)C2CC2)CC1. The van der Waals surface area contributed by atoms with Crippen molar-refractivity contribution in [1.29, 1.82) is 0 Å². The van der Waals surface area contributed by atoms with Gasteiger partial charge in [-0.25, -0.2) is 0 Å². The zero-order valence-electron chi connectivity index (χ0n) is 12.3. The molecule has 1 unspecified atom stereocenters. The third kappa shape index (κ3) is 4.75. The van der Waals surface area contributed by atoms with Gasteiger partial charge in [0.15, 0.2) is 0 Å². The first-order valence-electron chi connectivity index (χ1n) is 7.46. The van der Waals surface area contributed by atoms with Crippen LogP contribution in [0.15, 0.2) is 0 Å². The summed E-state index contributed by atoms with van der Waals surface area (Å²) in [6, 6.07) is 0.0965. The Hall–Kier alpha value is -0.650. The Labute approximate surface area is 116 Å². The maximum absolute atomic E-state index is 12.1. The van der Waals surface area contributed by atoms with Gasteiger partial charge in [-0.3, -0.25) is 9.69 Å². The fraction of sp³-hybridized carbons (Fsp3) is 0.929. The number of nitrogens with two attached hydrogens (primary N) is 1. The van der Waals surface area contributed by atoms with E-state index in [1.54, 1.807) is 0 Å². The number of hydrogen-bond acceptors (Lipinski definition) is 4. The van der Waals surface area contributed by atoms with Gasteiger partial charge in [-0.15, -0.1) is 0 Å². The van der Waals surface area contributed by atoms with Gasteiger partial charge in [-0.2, -0.15) is 0 Å². The molecule has 110 valence electrons. The van der Waals surface area contributed by atoms with Crippen molar-refractivity contribution in [3.05, 3.63) is 0 Å². The summed E-state index contributed by atoms with van der Waals surface area (Å²) in [4.78, 5) is 18.8. The van der Waals surface area contributed by atoms with Crippen LogP contribution in [0.25, 0.3) is 0 Å². The minimum Gasteiger partial charge on any atom is -0.340 e. The number of amides is 1. The Balaban J connectivity index is 1.65. The summed E-state index contributed by atoms with van der Waals surface area (Å²) in [5.41, 5.74) is 6.03. The lowest BCUT2D eigenvalue weighted by molar-refractivity contribution is -0.133. The van der Waals surface area contributed by atoms with Crippen LogP contribution in [-0.2, 0) is 4.79 Å². The molecule has 1 amide bonds. The van der Waals surface area contributed by atoms with Crippen LogP contribution in [0.1, 0.15) is 19.3 Å². The van der Waals surface area contributed by atoms with Crippen molar-refractivity contribution in [3.8, 4) is 0 Å². The molecule has 1 aliphatic heterocycles. The van der Waals surface area contributed by atoms with Crippen LogP contribution in [-0.4, -0.2) is 80.0 Å². The van der Waals surface area contributed by atoms with Crippen molar-refractivity contribution in [2.45, 2.75) is 25.3 Å². The third-order valence-electron chi connectivity index (χ3n) is 4.23. The maximum atomic E-state index is 12.1. The van der Waals surface area contributed by atoms with Crippen molar-refractivity contribution in [2.75, 3.05) is 53.4 Å². The number of likely N-dealkylation sites (N-methyl/N-ethyl adjacent to an activating group) is 1. The Morgan fingerprint density at radius 3 is 2.42 bits per heavy atom. The molecule has 2 aliphatic rings. The Morgan fingerprint density at radius 2 is 1.89 bits per heavy atom. The lowest BCUT2D eigenvalue weighted by Crippen LogP contribution is -2.50. The molecule has 1 saturated carbocycles. The van der Waals surface area contributed by atoms with E-state index in [0.717, 1.165) is 39.3 Å².